The fourth-order valence-electron chi connectivity index (χ4n) is 2.69. The Hall–Kier alpha value is -3.14. The van der Waals surface area contributed by atoms with Gasteiger partial charge in [0.15, 0.2) is 5.78 Å². The first-order valence-electron chi connectivity index (χ1n) is 7.79. The van der Waals surface area contributed by atoms with E-state index in [0.717, 1.165) is 16.5 Å². The number of carbonyl (C=O) groups excluding carboxylic acids is 2. The van der Waals surface area contributed by atoms with E-state index in [1.807, 2.05) is 59.3 Å². The van der Waals surface area contributed by atoms with E-state index in [-0.39, 0.29) is 18.1 Å². The van der Waals surface area contributed by atoms with Crippen molar-refractivity contribution in [1.29, 1.82) is 0 Å². The normalized spacial score (nSPS) is 11.2. The van der Waals surface area contributed by atoms with E-state index in [2.05, 4.69) is 0 Å². The second kappa shape index (κ2) is 6.96. The molecule has 0 atom stereocenters. The predicted molar refractivity (Wildman–Crippen MR) is 95.6 cm³/mol. The molecule has 1 amide bonds. The van der Waals surface area contributed by atoms with Crippen molar-refractivity contribution in [3.05, 3.63) is 78.0 Å². The topological polar surface area (TPSA) is 65.1 Å². The zero-order chi connectivity index (χ0) is 16.9. The molecule has 0 aliphatic carbocycles. The van der Waals surface area contributed by atoms with Crippen LogP contribution < -0.4 is 5.73 Å². The van der Waals surface area contributed by atoms with Crippen molar-refractivity contribution in [2.24, 2.45) is 5.73 Å². The number of carbonyl (C=O) groups is 2. The van der Waals surface area contributed by atoms with Gasteiger partial charge in [-0.1, -0.05) is 48.5 Å². The molecule has 0 saturated carbocycles. The average molecular weight is 318 g/mol. The number of hydrogen-bond acceptors (Lipinski definition) is 2. The van der Waals surface area contributed by atoms with Crippen molar-refractivity contribution in [3.8, 4) is 0 Å². The lowest BCUT2D eigenvalue weighted by atomic mass is 10.1. The maximum atomic E-state index is 12.2. The van der Waals surface area contributed by atoms with Crippen LogP contribution in [0.15, 0.2) is 66.9 Å². The van der Waals surface area contributed by atoms with Crippen LogP contribution in [-0.4, -0.2) is 16.3 Å². The number of primary amides is 1. The maximum absolute atomic E-state index is 12.2. The van der Waals surface area contributed by atoms with Gasteiger partial charge in [-0.3, -0.25) is 9.59 Å². The summed E-state index contributed by atoms with van der Waals surface area (Å²) in [6.07, 6.45) is 5.63. The summed E-state index contributed by atoms with van der Waals surface area (Å²) in [6.45, 7) is 0.524. The predicted octanol–water partition coefficient (Wildman–Crippen LogP) is 3.41. The summed E-state index contributed by atoms with van der Waals surface area (Å²) < 4.78 is 1.99. The summed E-state index contributed by atoms with van der Waals surface area (Å²) in [5.41, 5.74) is 7.86. The van der Waals surface area contributed by atoms with Crippen LogP contribution in [-0.2, 0) is 11.3 Å². The molecule has 2 aromatic carbocycles. The Kier molecular flexibility index (Phi) is 4.57. The molecular weight excluding hydrogens is 300 g/mol. The number of para-hydroxylation sites is 1. The lowest BCUT2D eigenvalue weighted by Crippen LogP contribution is -2.13. The van der Waals surface area contributed by atoms with Crippen molar-refractivity contribution in [2.45, 2.75) is 13.0 Å². The Bertz CT molecular complexity index is 908. The fraction of sp³-hybridized carbons (Fsp3) is 0.100. The first-order chi connectivity index (χ1) is 11.6. The Labute approximate surface area is 140 Å². The summed E-state index contributed by atoms with van der Waals surface area (Å²) >= 11 is 0. The number of nitrogens with two attached hydrogens (primary N) is 1. The van der Waals surface area contributed by atoms with Crippen LogP contribution in [0.25, 0.3) is 17.0 Å². The second-order valence-corrected chi connectivity index (χ2v) is 5.57. The second-order valence-electron chi connectivity index (χ2n) is 5.57. The zero-order valence-corrected chi connectivity index (χ0v) is 13.2. The minimum absolute atomic E-state index is 0.0374. The fourth-order valence-corrected chi connectivity index (χ4v) is 2.69. The molecule has 1 heterocycles. The summed E-state index contributed by atoms with van der Waals surface area (Å²) in [6, 6.07) is 17.1. The van der Waals surface area contributed by atoms with Gasteiger partial charge < -0.3 is 10.3 Å². The van der Waals surface area contributed by atoms with Crippen LogP contribution >= 0.6 is 0 Å². The number of aromatic nitrogens is 1. The van der Waals surface area contributed by atoms with Gasteiger partial charge in [0.05, 0.1) is 0 Å². The Morgan fingerprint density at radius 3 is 2.46 bits per heavy atom. The molecule has 0 aliphatic heterocycles. The van der Waals surface area contributed by atoms with E-state index < -0.39 is 0 Å². The van der Waals surface area contributed by atoms with Crippen LogP contribution in [0.2, 0.25) is 0 Å². The molecule has 0 aliphatic rings. The van der Waals surface area contributed by atoms with E-state index in [0.29, 0.717) is 12.1 Å². The molecule has 3 aromatic rings. The SMILES string of the molecule is NC(=O)CCn1cc(/C=C/C(=O)c2ccccc2)c2ccccc21. The summed E-state index contributed by atoms with van der Waals surface area (Å²) in [4.78, 5) is 23.3. The number of amides is 1. The van der Waals surface area contributed by atoms with Gasteiger partial charge in [-0.15, -0.1) is 0 Å². The van der Waals surface area contributed by atoms with Gasteiger partial charge in [-0.2, -0.15) is 0 Å². The lowest BCUT2D eigenvalue weighted by molar-refractivity contribution is -0.118. The third-order valence-electron chi connectivity index (χ3n) is 3.89. The molecule has 1 aromatic heterocycles. The van der Waals surface area contributed by atoms with E-state index in [1.165, 1.54) is 0 Å². The van der Waals surface area contributed by atoms with Crippen LogP contribution in [0.4, 0.5) is 0 Å². The molecule has 24 heavy (non-hydrogen) atoms. The molecule has 120 valence electrons. The Balaban J connectivity index is 1.90. The number of allylic oxidation sites excluding steroid dienone is 1. The molecule has 0 bridgehead atoms. The van der Waals surface area contributed by atoms with Crippen molar-refractivity contribution < 1.29 is 9.59 Å². The van der Waals surface area contributed by atoms with Gasteiger partial charge >= 0.3 is 0 Å². The van der Waals surface area contributed by atoms with Crippen LogP contribution in [0.5, 0.6) is 0 Å². The van der Waals surface area contributed by atoms with Gasteiger partial charge in [0.25, 0.3) is 0 Å². The third kappa shape index (κ3) is 3.43. The van der Waals surface area contributed by atoms with Crippen molar-refractivity contribution in [3.63, 3.8) is 0 Å². The van der Waals surface area contributed by atoms with Crippen LogP contribution in [0, 0.1) is 0 Å². The first-order valence-corrected chi connectivity index (χ1v) is 7.79. The number of aryl methyl sites for hydroxylation is 1. The molecular formula is C20H18N2O2. The number of rotatable bonds is 6. The average Bonchev–Trinajstić information content (AvgIpc) is 2.97. The highest BCUT2D eigenvalue weighted by Gasteiger charge is 2.07. The summed E-state index contributed by atoms with van der Waals surface area (Å²) in [5, 5.41) is 1.04. The largest absolute Gasteiger partial charge is 0.370 e. The zero-order valence-electron chi connectivity index (χ0n) is 13.2. The highest BCUT2D eigenvalue weighted by atomic mass is 16.1. The first kappa shape index (κ1) is 15.7. The molecule has 4 heteroatoms. The Morgan fingerprint density at radius 2 is 1.71 bits per heavy atom. The smallest absolute Gasteiger partial charge is 0.219 e. The number of fused-ring (bicyclic) bond motifs is 1. The maximum Gasteiger partial charge on any atom is 0.219 e. The van der Waals surface area contributed by atoms with Gasteiger partial charge in [-0.25, -0.2) is 0 Å². The number of ketones is 1. The van der Waals surface area contributed by atoms with E-state index >= 15 is 0 Å². The van der Waals surface area contributed by atoms with E-state index in [9.17, 15) is 9.59 Å². The molecule has 0 spiro atoms. The molecule has 0 unspecified atom stereocenters. The summed E-state index contributed by atoms with van der Waals surface area (Å²) in [7, 11) is 0. The Morgan fingerprint density at radius 1 is 1.00 bits per heavy atom. The standard InChI is InChI=1S/C20H18N2O2/c21-20(24)12-13-22-14-16(17-8-4-5-9-18(17)22)10-11-19(23)15-6-2-1-3-7-15/h1-11,14H,12-13H2,(H2,21,24)/b11-10+. The number of hydrogen-bond donors (Lipinski definition) is 1. The van der Waals surface area contributed by atoms with Gasteiger partial charge in [-0.05, 0) is 18.2 Å². The molecule has 0 saturated heterocycles. The molecule has 2 N–H and O–H groups in total. The van der Waals surface area contributed by atoms with Crippen LogP contribution in [0.1, 0.15) is 22.3 Å². The highest BCUT2D eigenvalue weighted by molar-refractivity contribution is 6.07. The molecule has 0 fully saturated rings. The van der Waals surface area contributed by atoms with Gasteiger partial charge in [0.1, 0.15) is 0 Å². The number of nitrogens with zero attached hydrogens (tertiary/aromatic N) is 1. The quantitative estimate of drug-likeness (QED) is 0.559. The van der Waals surface area contributed by atoms with Crippen molar-refractivity contribution >= 4 is 28.7 Å². The van der Waals surface area contributed by atoms with Gasteiger partial charge in [0.2, 0.25) is 5.91 Å². The van der Waals surface area contributed by atoms with Gasteiger partial charge in [0, 0.05) is 41.2 Å². The van der Waals surface area contributed by atoms with Crippen molar-refractivity contribution in [1.82, 2.24) is 4.57 Å². The molecule has 0 radical (unpaired) electrons. The third-order valence-corrected chi connectivity index (χ3v) is 3.89. The highest BCUT2D eigenvalue weighted by Crippen LogP contribution is 2.23. The minimum atomic E-state index is -0.330. The molecule has 3 rings (SSSR count). The van der Waals surface area contributed by atoms with E-state index in [4.69, 9.17) is 5.73 Å². The van der Waals surface area contributed by atoms with Crippen molar-refractivity contribution in [2.75, 3.05) is 0 Å². The summed E-state index contributed by atoms with van der Waals surface area (Å²) in [5.74, 6) is -0.367. The van der Waals surface area contributed by atoms with Crippen LogP contribution in [0.3, 0.4) is 0 Å². The minimum Gasteiger partial charge on any atom is -0.370 e. The lowest BCUT2D eigenvalue weighted by Gasteiger charge is -2.02. The monoisotopic (exact) mass is 318 g/mol. The number of benzene rings is 2. The molecule has 4 nitrogen and oxygen atoms in total. The van der Waals surface area contributed by atoms with E-state index in [1.54, 1.807) is 18.2 Å².